The minimum atomic E-state index is -0.0557. The lowest BCUT2D eigenvalue weighted by atomic mass is 9.82. The molecule has 0 N–H and O–H groups in total. The van der Waals surface area contributed by atoms with Crippen molar-refractivity contribution in [3.8, 4) is 39.4 Å². The van der Waals surface area contributed by atoms with Crippen molar-refractivity contribution in [2.45, 2.75) is 50.5 Å². The Morgan fingerprint density at radius 2 is 1.23 bits per heavy atom. The number of ether oxygens (including phenoxy) is 1. The van der Waals surface area contributed by atoms with Gasteiger partial charge in [-0.3, -0.25) is 0 Å². The summed E-state index contributed by atoms with van der Waals surface area (Å²) in [5.41, 5.74) is 16.5. The largest absolute Gasteiger partial charge is 0.487 e. The van der Waals surface area contributed by atoms with E-state index < -0.39 is 0 Å². The zero-order valence-electron chi connectivity index (χ0n) is 29.9. The molecule has 2 aromatic heterocycles. The van der Waals surface area contributed by atoms with Crippen LogP contribution < -0.4 is 4.74 Å². The van der Waals surface area contributed by atoms with Crippen molar-refractivity contribution in [3.63, 3.8) is 0 Å². The van der Waals surface area contributed by atoms with Crippen LogP contribution in [0.3, 0.4) is 0 Å². The molecule has 3 heterocycles. The number of hydrogen-bond donors (Lipinski definition) is 0. The summed E-state index contributed by atoms with van der Waals surface area (Å²) >= 11 is 0. The molecule has 0 saturated heterocycles. The van der Waals surface area contributed by atoms with E-state index in [0.29, 0.717) is 12.0 Å². The summed E-state index contributed by atoms with van der Waals surface area (Å²) in [7, 11) is 0. The lowest BCUT2D eigenvalue weighted by Crippen LogP contribution is -2.15. The monoisotopic (exact) mass is 682 g/mol. The van der Waals surface area contributed by atoms with Crippen LogP contribution in [0.5, 0.6) is 5.75 Å². The molecule has 2 unspecified atom stereocenters. The molecule has 254 valence electrons. The molecule has 53 heavy (non-hydrogen) atoms. The number of fused-ring (bicyclic) bond motifs is 12. The molecule has 0 amide bonds. The van der Waals surface area contributed by atoms with Crippen LogP contribution in [0.1, 0.15) is 55.7 Å². The number of para-hydroxylation sites is 3. The minimum Gasteiger partial charge on any atom is -0.487 e. The number of nitrogens with zero attached hydrogens (tertiary/aromatic N) is 2. The topological polar surface area (TPSA) is 19.1 Å². The van der Waals surface area contributed by atoms with Crippen molar-refractivity contribution < 1.29 is 4.74 Å². The van der Waals surface area contributed by atoms with Crippen LogP contribution in [0, 0.1) is 0 Å². The van der Waals surface area contributed by atoms with Gasteiger partial charge in [-0.2, -0.15) is 0 Å². The predicted octanol–water partition coefficient (Wildman–Crippen LogP) is 12.9. The third kappa shape index (κ3) is 3.95. The minimum absolute atomic E-state index is 0.0557. The van der Waals surface area contributed by atoms with Crippen molar-refractivity contribution in [2.24, 2.45) is 0 Å². The molecular formula is C50H38N2O. The maximum atomic E-state index is 6.76. The lowest BCUT2D eigenvalue weighted by Gasteiger charge is -2.22. The third-order valence-corrected chi connectivity index (χ3v) is 12.9. The summed E-state index contributed by atoms with van der Waals surface area (Å²) in [5, 5.41) is 5.07. The summed E-state index contributed by atoms with van der Waals surface area (Å²) in [5.74, 6) is 1.59. The second-order valence-corrected chi connectivity index (χ2v) is 16.0. The predicted molar refractivity (Wildman–Crippen MR) is 219 cm³/mol. The molecule has 1 saturated carbocycles. The summed E-state index contributed by atoms with van der Waals surface area (Å²) < 4.78 is 11.7. The van der Waals surface area contributed by atoms with Gasteiger partial charge in [0.1, 0.15) is 11.9 Å². The van der Waals surface area contributed by atoms with Gasteiger partial charge < -0.3 is 13.9 Å². The molecule has 3 heteroatoms. The average molecular weight is 683 g/mol. The molecule has 1 fully saturated rings. The van der Waals surface area contributed by atoms with Crippen molar-refractivity contribution in [3.05, 3.63) is 162 Å². The Hall–Kier alpha value is -6.06. The quantitative estimate of drug-likeness (QED) is 0.181. The van der Waals surface area contributed by atoms with Gasteiger partial charge in [-0.25, -0.2) is 0 Å². The van der Waals surface area contributed by atoms with E-state index in [1.807, 2.05) is 0 Å². The van der Waals surface area contributed by atoms with Gasteiger partial charge in [0.15, 0.2) is 0 Å². The zero-order chi connectivity index (χ0) is 35.0. The highest BCUT2D eigenvalue weighted by atomic mass is 16.5. The van der Waals surface area contributed by atoms with Crippen molar-refractivity contribution in [1.29, 1.82) is 0 Å². The van der Waals surface area contributed by atoms with E-state index in [9.17, 15) is 0 Å². The Labute approximate surface area is 308 Å². The fourth-order valence-corrected chi connectivity index (χ4v) is 10.4. The Kier molecular flexibility index (Phi) is 5.85. The standard InChI is InChI=1S/C50H38N2O/c1-50(2)41-16-6-3-11-33(41)34-25-23-32(29-42(34)50)51-43-17-7-5-13-36(43)40-27-30(22-26-45(40)51)31-21-24-37-35-12-4-8-18-44(35)52(47(37)28-31)46-19-9-15-39-38-14-10-20-48(38)53-49(39)46/h3-9,11-13,15-19,21-29,38,48H,10,14,20H2,1-2H3. The van der Waals surface area contributed by atoms with Crippen LogP contribution in [0.25, 0.3) is 77.2 Å². The molecule has 1 aliphatic heterocycles. The number of aromatic nitrogens is 2. The molecule has 9 aromatic rings. The molecule has 0 spiro atoms. The van der Waals surface area contributed by atoms with Gasteiger partial charge in [0.25, 0.3) is 0 Å². The number of hydrogen-bond acceptors (Lipinski definition) is 1. The maximum Gasteiger partial charge on any atom is 0.147 e. The summed E-state index contributed by atoms with van der Waals surface area (Å²) in [4.78, 5) is 0. The maximum absolute atomic E-state index is 6.76. The SMILES string of the molecule is CC1(C)c2ccccc2-c2ccc(-n3c4ccccc4c4cc(-c5ccc6c7ccccc7n(-c7cccc8c7OC7CCCC87)c6c5)ccc43)cc21. The lowest BCUT2D eigenvalue weighted by molar-refractivity contribution is 0.225. The van der Waals surface area contributed by atoms with E-state index in [1.54, 1.807) is 0 Å². The Morgan fingerprint density at radius 1 is 0.528 bits per heavy atom. The van der Waals surface area contributed by atoms with Crippen molar-refractivity contribution >= 4 is 43.6 Å². The highest BCUT2D eigenvalue weighted by Gasteiger charge is 2.40. The van der Waals surface area contributed by atoms with Crippen molar-refractivity contribution in [1.82, 2.24) is 9.13 Å². The molecular weight excluding hydrogens is 645 g/mol. The summed E-state index contributed by atoms with van der Waals surface area (Å²) in [6.07, 6.45) is 3.92. The zero-order valence-corrected chi connectivity index (χ0v) is 29.9. The molecule has 0 radical (unpaired) electrons. The Morgan fingerprint density at radius 3 is 2.11 bits per heavy atom. The molecule has 12 rings (SSSR count). The Bertz CT molecular complexity index is 3010. The van der Waals surface area contributed by atoms with Crippen LogP contribution in [-0.2, 0) is 5.41 Å². The summed E-state index contributed by atoms with van der Waals surface area (Å²) in [6, 6.07) is 54.5. The molecule has 2 atom stereocenters. The highest BCUT2D eigenvalue weighted by molar-refractivity contribution is 6.12. The fraction of sp³-hybridized carbons (Fsp3) is 0.160. The second kappa shape index (κ2) is 10.5. The van der Waals surface area contributed by atoms with Gasteiger partial charge in [0.2, 0.25) is 0 Å². The fourth-order valence-electron chi connectivity index (χ4n) is 10.4. The van der Waals surface area contributed by atoms with E-state index in [-0.39, 0.29) is 5.41 Å². The molecule has 0 bridgehead atoms. The van der Waals surface area contributed by atoms with Gasteiger partial charge in [0.05, 0.1) is 27.8 Å². The van der Waals surface area contributed by atoms with Crippen LogP contribution in [0.2, 0.25) is 0 Å². The van der Waals surface area contributed by atoms with Crippen LogP contribution in [-0.4, -0.2) is 15.2 Å². The number of rotatable bonds is 3. The van der Waals surface area contributed by atoms with Gasteiger partial charge >= 0.3 is 0 Å². The van der Waals surface area contributed by atoms with E-state index in [2.05, 4.69) is 169 Å². The summed E-state index contributed by atoms with van der Waals surface area (Å²) in [6.45, 7) is 4.72. The van der Waals surface area contributed by atoms with Gasteiger partial charge in [-0.15, -0.1) is 0 Å². The van der Waals surface area contributed by atoms with Crippen LogP contribution in [0.15, 0.2) is 146 Å². The normalized spacial score (nSPS) is 18.1. The van der Waals surface area contributed by atoms with Crippen LogP contribution in [0.4, 0.5) is 0 Å². The first-order valence-electron chi connectivity index (χ1n) is 19.2. The van der Waals surface area contributed by atoms with Gasteiger partial charge in [-0.1, -0.05) is 111 Å². The first-order chi connectivity index (χ1) is 26.0. The molecule has 2 aliphatic carbocycles. The highest BCUT2D eigenvalue weighted by Crippen LogP contribution is 2.51. The first kappa shape index (κ1) is 29.5. The van der Waals surface area contributed by atoms with Crippen molar-refractivity contribution in [2.75, 3.05) is 0 Å². The molecule has 3 nitrogen and oxygen atoms in total. The third-order valence-electron chi connectivity index (χ3n) is 12.9. The van der Waals surface area contributed by atoms with E-state index in [1.165, 1.54) is 101 Å². The van der Waals surface area contributed by atoms with Gasteiger partial charge in [-0.05, 0) is 101 Å². The van der Waals surface area contributed by atoms with E-state index in [4.69, 9.17) is 4.74 Å². The smallest absolute Gasteiger partial charge is 0.147 e. The van der Waals surface area contributed by atoms with Crippen LogP contribution >= 0.6 is 0 Å². The van der Waals surface area contributed by atoms with Gasteiger partial charge in [0, 0.05) is 44.1 Å². The average Bonchev–Trinajstić information content (AvgIpc) is 4.00. The second-order valence-electron chi connectivity index (χ2n) is 16.0. The van der Waals surface area contributed by atoms with E-state index >= 15 is 0 Å². The molecule has 7 aromatic carbocycles. The van der Waals surface area contributed by atoms with E-state index in [0.717, 1.165) is 17.9 Å². The first-order valence-corrected chi connectivity index (χ1v) is 19.2. The Balaban J connectivity index is 1.03. The molecule has 3 aliphatic rings. The number of benzene rings is 7.